The second kappa shape index (κ2) is 10.6. The highest BCUT2D eigenvalue weighted by atomic mass is 32.2. The molecule has 1 aromatic heterocycles. The molecule has 2 amide bonds. The summed E-state index contributed by atoms with van der Waals surface area (Å²) in [5.74, 6) is 0.273. The fourth-order valence-corrected chi connectivity index (χ4v) is 6.36. The van der Waals surface area contributed by atoms with Crippen LogP contribution in [-0.2, 0) is 19.6 Å². The average Bonchev–Trinajstić information content (AvgIpc) is 3.26. The summed E-state index contributed by atoms with van der Waals surface area (Å²) in [6.45, 7) is 6.38. The molecule has 32 heavy (non-hydrogen) atoms. The lowest BCUT2D eigenvalue weighted by Gasteiger charge is -2.31. The van der Waals surface area contributed by atoms with Crippen LogP contribution in [0.15, 0.2) is 46.7 Å². The van der Waals surface area contributed by atoms with E-state index < -0.39 is 10.0 Å². The van der Waals surface area contributed by atoms with Crippen LogP contribution < -0.4 is 10.6 Å². The molecule has 174 valence electrons. The summed E-state index contributed by atoms with van der Waals surface area (Å²) in [7, 11) is -3.60. The zero-order valence-corrected chi connectivity index (χ0v) is 20.3. The minimum Gasteiger partial charge on any atom is -0.348 e. The predicted octanol–water partition coefficient (Wildman–Crippen LogP) is 4.01. The predicted molar refractivity (Wildman–Crippen MR) is 127 cm³/mol. The number of carbonyl (C=O) groups excluding carboxylic acids is 2. The maximum atomic E-state index is 13.0. The van der Waals surface area contributed by atoms with E-state index in [0.29, 0.717) is 44.0 Å². The molecule has 3 rings (SSSR count). The molecule has 0 spiro atoms. The third-order valence-corrected chi connectivity index (χ3v) is 8.56. The summed E-state index contributed by atoms with van der Waals surface area (Å²) >= 11 is 1.64. The van der Waals surface area contributed by atoms with Crippen molar-refractivity contribution in [3.8, 4) is 0 Å². The zero-order chi connectivity index (χ0) is 23.3. The minimum atomic E-state index is -3.60. The van der Waals surface area contributed by atoms with Crippen LogP contribution in [0, 0.1) is 11.8 Å². The second-order valence-corrected chi connectivity index (χ2v) is 11.5. The molecule has 1 aromatic carbocycles. The fourth-order valence-electron chi connectivity index (χ4n) is 3.95. The van der Waals surface area contributed by atoms with Crippen molar-refractivity contribution in [2.45, 2.75) is 51.0 Å². The number of anilines is 1. The van der Waals surface area contributed by atoms with Crippen LogP contribution in [0.3, 0.4) is 0 Å². The standard InChI is InChI=1S/C23H31N3O4S2/c1-16(2)23(21-5-4-14-31-21)25-22(28)15-18-10-12-26(13-11-18)32(29,30)20-8-6-19(7-9-20)24-17(3)27/h4-9,14,16,18,23H,10-13,15H2,1-3H3,(H,24,27)(H,25,28). The van der Waals surface area contributed by atoms with E-state index >= 15 is 0 Å². The van der Waals surface area contributed by atoms with E-state index in [4.69, 9.17) is 0 Å². The van der Waals surface area contributed by atoms with Gasteiger partial charge in [0.05, 0.1) is 10.9 Å². The topological polar surface area (TPSA) is 95.6 Å². The molecule has 1 aliphatic rings. The van der Waals surface area contributed by atoms with Gasteiger partial charge in [-0.15, -0.1) is 11.3 Å². The molecule has 1 unspecified atom stereocenters. The van der Waals surface area contributed by atoms with Crippen molar-refractivity contribution in [1.82, 2.24) is 9.62 Å². The smallest absolute Gasteiger partial charge is 0.243 e. The lowest BCUT2D eigenvalue weighted by molar-refractivity contribution is -0.123. The van der Waals surface area contributed by atoms with Gasteiger partial charge in [-0.05, 0) is 60.4 Å². The summed E-state index contributed by atoms with van der Waals surface area (Å²) in [5, 5.41) is 7.81. The monoisotopic (exact) mass is 477 g/mol. The Labute approximate surface area is 194 Å². The van der Waals surface area contributed by atoms with Crippen molar-refractivity contribution in [2.24, 2.45) is 11.8 Å². The number of benzene rings is 1. The van der Waals surface area contributed by atoms with E-state index in [0.717, 1.165) is 4.88 Å². The number of carbonyl (C=O) groups is 2. The highest BCUT2D eigenvalue weighted by Gasteiger charge is 2.30. The Morgan fingerprint density at radius 1 is 1.12 bits per heavy atom. The van der Waals surface area contributed by atoms with Gasteiger partial charge >= 0.3 is 0 Å². The third kappa shape index (κ3) is 6.17. The van der Waals surface area contributed by atoms with Gasteiger partial charge in [-0.1, -0.05) is 19.9 Å². The summed E-state index contributed by atoms with van der Waals surface area (Å²) in [5.41, 5.74) is 0.559. The van der Waals surface area contributed by atoms with Crippen LogP contribution >= 0.6 is 11.3 Å². The van der Waals surface area contributed by atoms with Crippen LogP contribution in [0.5, 0.6) is 0 Å². The Morgan fingerprint density at radius 2 is 1.78 bits per heavy atom. The van der Waals surface area contributed by atoms with E-state index in [1.54, 1.807) is 23.5 Å². The number of thiophene rings is 1. The molecular formula is C23H31N3O4S2. The van der Waals surface area contributed by atoms with Crippen LogP contribution in [0.2, 0.25) is 0 Å². The Morgan fingerprint density at radius 3 is 2.31 bits per heavy atom. The number of hydrogen-bond acceptors (Lipinski definition) is 5. The molecule has 2 N–H and O–H groups in total. The van der Waals surface area contributed by atoms with E-state index in [-0.39, 0.29) is 28.7 Å². The molecule has 9 heteroatoms. The van der Waals surface area contributed by atoms with Gasteiger partial charge in [0.25, 0.3) is 0 Å². The van der Waals surface area contributed by atoms with Gasteiger partial charge in [-0.2, -0.15) is 4.31 Å². The number of rotatable bonds is 8. The van der Waals surface area contributed by atoms with Crippen molar-refractivity contribution in [2.75, 3.05) is 18.4 Å². The van der Waals surface area contributed by atoms with Crippen LogP contribution in [0.25, 0.3) is 0 Å². The van der Waals surface area contributed by atoms with Gasteiger partial charge in [-0.25, -0.2) is 8.42 Å². The summed E-state index contributed by atoms with van der Waals surface area (Å²) < 4.78 is 27.4. The van der Waals surface area contributed by atoms with E-state index in [1.165, 1.54) is 23.4 Å². The molecule has 1 aliphatic heterocycles. The first-order valence-electron chi connectivity index (χ1n) is 10.9. The molecule has 1 fully saturated rings. The molecule has 0 saturated carbocycles. The molecular weight excluding hydrogens is 446 g/mol. The fraction of sp³-hybridized carbons (Fsp3) is 0.478. The molecule has 1 saturated heterocycles. The average molecular weight is 478 g/mol. The molecule has 0 radical (unpaired) electrons. The van der Waals surface area contributed by atoms with Crippen molar-refractivity contribution in [1.29, 1.82) is 0 Å². The summed E-state index contributed by atoms with van der Waals surface area (Å²) in [6, 6.07) is 10.2. The maximum absolute atomic E-state index is 13.0. The van der Waals surface area contributed by atoms with Gasteiger partial charge in [0, 0.05) is 37.0 Å². The number of hydrogen-bond donors (Lipinski definition) is 2. The van der Waals surface area contributed by atoms with Gasteiger partial charge in [-0.3, -0.25) is 9.59 Å². The molecule has 2 heterocycles. The minimum absolute atomic E-state index is 0.00318. The second-order valence-electron chi connectivity index (χ2n) is 8.56. The Balaban J connectivity index is 1.54. The van der Waals surface area contributed by atoms with E-state index in [2.05, 4.69) is 24.5 Å². The lowest BCUT2D eigenvalue weighted by Crippen LogP contribution is -2.40. The Kier molecular flexibility index (Phi) is 8.08. The van der Waals surface area contributed by atoms with E-state index in [1.807, 2.05) is 17.5 Å². The van der Waals surface area contributed by atoms with Gasteiger partial charge in [0.15, 0.2) is 0 Å². The van der Waals surface area contributed by atoms with Crippen molar-refractivity contribution in [3.63, 3.8) is 0 Å². The number of amides is 2. The normalized spacial score (nSPS) is 16.6. The SMILES string of the molecule is CC(=O)Nc1ccc(S(=O)(=O)N2CCC(CC(=O)NC(c3cccs3)C(C)C)CC2)cc1. The number of sulfonamides is 1. The highest BCUT2D eigenvalue weighted by Crippen LogP contribution is 2.29. The molecule has 0 bridgehead atoms. The van der Waals surface area contributed by atoms with Crippen LogP contribution in [0.1, 0.15) is 51.0 Å². The number of nitrogens with one attached hydrogen (secondary N) is 2. The largest absolute Gasteiger partial charge is 0.348 e. The zero-order valence-electron chi connectivity index (χ0n) is 18.7. The Bertz CT molecular complexity index is 1010. The van der Waals surface area contributed by atoms with Crippen LogP contribution in [-0.4, -0.2) is 37.6 Å². The highest BCUT2D eigenvalue weighted by molar-refractivity contribution is 7.89. The number of nitrogens with zero attached hydrogens (tertiary/aromatic N) is 1. The number of piperidine rings is 1. The first kappa shape index (κ1) is 24.4. The van der Waals surface area contributed by atoms with Crippen molar-refractivity contribution in [3.05, 3.63) is 46.7 Å². The summed E-state index contributed by atoms with van der Waals surface area (Å²) in [6.07, 6.45) is 1.72. The third-order valence-electron chi connectivity index (χ3n) is 5.69. The van der Waals surface area contributed by atoms with Crippen molar-refractivity contribution < 1.29 is 18.0 Å². The van der Waals surface area contributed by atoms with Crippen molar-refractivity contribution >= 4 is 38.9 Å². The molecule has 7 nitrogen and oxygen atoms in total. The summed E-state index contributed by atoms with van der Waals surface area (Å²) in [4.78, 5) is 25.2. The molecule has 0 aliphatic carbocycles. The van der Waals surface area contributed by atoms with Crippen LogP contribution in [0.4, 0.5) is 5.69 Å². The van der Waals surface area contributed by atoms with Gasteiger partial charge in [0.1, 0.15) is 0 Å². The first-order chi connectivity index (χ1) is 15.2. The quantitative estimate of drug-likeness (QED) is 0.600. The lowest BCUT2D eigenvalue weighted by atomic mass is 9.93. The van der Waals surface area contributed by atoms with Gasteiger partial charge in [0.2, 0.25) is 21.8 Å². The maximum Gasteiger partial charge on any atom is 0.243 e. The molecule has 1 atom stereocenters. The van der Waals surface area contributed by atoms with E-state index in [9.17, 15) is 18.0 Å². The Hall–Kier alpha value is -2.23. The molecule has 2 aromatic rings. The van der Waals surface area contributed by atoms with Gasteiger partial charge < -0.3 is 10.6 Å². The first-order valence-corrected chi connectivity index (χ1v) is 13.2.